The van der Waals surface area contributed by atoms with Gasteiger partial charge in [0.2, 0.25) is 0 Å². The highest BCUT2D eigenvalue weighted by Crippen LogP contribution is 2.33. The summed E-state index contributed by atoms with van der Waals surface area (Å²) in [5, 5.41) is 0. The van der Waals surface area contributed by atoms with Gasteiger partial charge in [-0.05, 0) is 61.4 Å². The minimum Gasteiger partial charge on any atom is -0.493 e. The van der Waals surface area contributed by atoms with E-state index in [1.807, 2.05) is 0 Å². The van der Waals surface area contributed by atoms with Crippen molar-refractivity contribution < 1.29 is 4.74 Å². The fourth-order valence-corrected chi connectivity index (χ4v) is 3.54. The Hall–Kier alpha value is -1.28. The SMILES string of the molecule is Cc1ccc(C)c(CC(Br)c2ccc3c(c2)CCCO3)c1. The summed E-state index contributed by atoms with van der Waals surface area (Å²) >= 11 is 3.87. The van der Waals surface area contributed by atoms with Gasteiger partial charge in [-0.2, -0.15) is 0 Å². The summed E-state index contributed by atoms with van der Waals surface area (Å²) in [6.45, 7) is 5.20. The molecule has 0 bridgehead atoms. The molecule has 1 nitrogen and oxygen atoms in total. The molecule has 1 heterocycles. The number of aryl methyl sites for hydroxylation is 3. The van der Waals surface area contributed by atoms with Crippen LogP contribution in [0.1, 0.15) is 39.1 Å². The molecule has 110 valence electrons. The van der Waals surface area contributed by atoms with Crippen LogP contribution < -0.4 is 4.74 Å². The molecule has 1 aliphatic heterocycles. The zero-order chi connectivity index (χ0) is 14.8. The first-order valence-corrected chi connectivity index (χ1v) is 8.51. The van der Waals surface area contributed by atoms with E-state index in [4.69, 9.17) is 4.74 Å². The number of halogens is 1. The van der Waals surface area contributed by atoms with Gasteiger partial charge >= 0.3 is 0 Å². The highest BCUT2D eigenvalue weighted by molar-refractivity contribution is 9.09. The normalized spacial score (nSPS) is 15.2. The molecule has 3 rings (SSSR count). The van der Waals surface area contributed by atoms with Gasteiger partial charge in [-0.1, -0.05) is 51.8 Å². The Balaban J connectivity index is 1.82. The fourth-order valence-electron chi connectivity index (χ4n) is 2.91. The monoisotopic (exact) mass is 344 g/mol. The molecule has 1 atom stereocenters. The van der Waals surface area contributed by atoms with Crippen LogP contribution in [0.2, 0.25) is 0 Å². The lowest BCUT2D eigenvalue weighted by atomic mass is 9.96. The molecule has 2 aromatic rings. The van der Waals surface area contributed by atoms with Crippen LogP contribution in [0.3, 0.4) is 0 Å². The van der Waals surface area contributed by atoms with Gasteiger partial charge in [0.1, 0.15) is 5.75 Å². The number of hydrogen-bond acceptors (Lipinski definition) is 1. The molecule has 0 amide bonds. The molecule has 21 heavy (non-hydrogen) atoms. The molecular weight excluding hydrogens is 324 g/mol. The van der Waals surface area contributed by atoms with Gasteiger partial charge < -0.3 is 4.74 Å². The van der Waals surface area contributed by atoms with Crippen LogP contribution >= 0.6 is 15.9 Å². The van der Waals surface area contributed by atoms with E-state index in [0.29, 0.717) is 4.83 Å². The van der Waals surface area contributed by atoms with Crippen molar-refractivity contribution in [3.63, 3.8) is 0 Å². The zero-order valence-electron chi connectivity index (χ0n) is 12.7. The van der Waals surface area contributed by atoms with E-state index in [-0.39, 0.29) is 0 Å². The van der Waals surface area contributed by atoms with Crippen molar-refractivity contribution in [2.75, 3.05) is 6.61 Å². The summed E-state index contributed by atoms with van der Waals surface area (Å²) in [4.78, 5) is 0.352. The highest BCUT2D eigenvalue weighted by atomic mass is 79.9. The summed E-state index contributed by atoms with van der Waals surface area (Å²) in [5.74, 6) is 1.07. The van der Waals surface area contributed by atoms with Crippen molar-refractivity contribution in [3.8, 4) is 5.75 Å². The third-order valence-electron chi connectivity index (χ3n) is 4.20. The van der Waals surface area contributed by atoms with Crippen molar-refractivity contribution in [2.24, 2.45) is 0 Å². The van der Waals surface area contributed by atoms with E-state index >= 15 is 0 Å². The topological polar surface area (TPSA) is 9.23 Å². The quantitative estimate of drug-likeness (QED) is 0.685. The maximum Gasteiger partial charge on any atom is 0.122 e. The summed E-state index contributed by atoms with van der Waals surface area (Å²) in [5.41, 5.74) is 6.82. The first-order valence-electron chi connectivity index (χ1n) is 7.59. The molecular formula is C19H21BrO. The number of fused-ring (bicyclic) bond motifs is 1. The van der Waals surface area contributed by atoms with Crippen LogP contribution in [-0.2, 0) is 12.8 Å². The number of alkyl halides is 1. The molecule has 1 aliphatic rings. The Morgan fingerprint density at radius 3 is 2.86 bits per heavy atom. The third kappa shape index (κ3) is 3.32. The minimum absolute atomic E-state index is 0.352. The van der Waals surface area contributed by atoms with Crippen LogP contribution in [0.5, 0.6) is 5.75 Å². The van der Waals surface area contributed by atoms with Crippen molar-refractivity contribution in [3.05, 3.63) is 64.2 Å². The van der Waals surface area contributed by atoms with Crippen LogP contribution in [0.4, 0.5) is 0 Å². The van der Waals surface area contributed by atoms with E-state index < -0.39 is 0 Å². The van der Waals surface area contributed by atoms with E-state index in [0.717, 1.165) is 31.6 Å². The highest BCUT2D eigenvalue weighted by Gasteiger charge is 2.15. The number of rotatable bonds is 3. The smallest absolute Gasteiger partial charge is 0.122 e. The van der Waals surface area contributed by atoms with Gasteiger partial charge in [-0.25, -0.2) is 0 Å². The van der Waals surface area contributed by atoms with Crippen molar-refractivity contribution in [2.45, 2.75) is 37.9 Å². The minimum atomic E-state index is 0.352. The predicted molar refractivity (Wildman–Crippen MR) is 91.5 cm³/mol. The Kier molecular flexibility index (Phi) is 4.34. The van der Waals surface area contributed by atoms with Gasteiger partial charge in [-0.3, -0.25) is 0 Å². The van der Waals surface area contributed by atoms with Gasteiger partial charge in [0.25, 0.3) is 0 Å². The van der Waals surface area contributed by atoms with Crippen LogP contribution in [0, 0.1) is 13.8 Å². The Bertz CT molecular complexity index is 648. The second-order valence-electron chi connectivity index (χ2n) is 5.92. The average Bonchev–Trinajstić information content (AvgIpc) is 2.50. The van der Waals surface area contributed by atoms with Crippen LogP contribution in [0.25, 0.3) is 0 Å². The molecule has 0 fully saturated rings. The second kappa shape index (κ2) is 6.23. The summed E-state index contributed by atoms with van der Waals surface area (Å²) in [6, 6.07) is 13.3. The summed E-state index contributed by atoms with van der Waals surface area (Å²) in [7, 11) is 0. The standard InChI is InChI=1S/C19H21BrO/c1-13-5-6-14(2)17(10-13)12-18(20)15-7-8-19-16(11-15)4-3-9-21-19/h5-8,10-11,18H,3-4,9,12H2,1-2H3. The lowest BCUT2D eigenvalue weighted by Gasteiger charge is -2.20. The number of ether oxygens (including phenoxy) is 1. The Labute approximate surface area is 135 Å². The van der Waals surface area contributed by atoms with E-state index in [1.54, 1.807) is 0 Å². The molecule has 0 aromatic heterocycles. The Morgan fingerprint density at radius 1 is 1.14 bits per heavy atom. The maximum absolute atomic E-state index is 5.70. The zero-order valence-corrected chi connectivity index (χ0v) is 14.2. The van der Waals surface area contributed by atoms with Gasteiger partial charge in [0, 0.05) is 4.83 Å². The molecule has 0 aliphatic carbocycles. The predicted octanol–water partition coefficient (Wildman–Crippen LogP) is 5.31. The average molecular weight is 345 g/mol. The molecule has 0 radical (unpaired) electrons. The van der Waals surface area contributed by atoms with Crippen molar-refractivity contribution >= 4 is 15.9 Å². The van der Waals surface area contributed by atoms with Crippen LogP contribution in [-0.4, -0.2) is 6.61 Å². The van der Waals surface area contributed by atoms with Crippen LogP contribution in [0.15, 0.2) is 36.4 Å². The maximum atomic E-state index is 5.70. The largest absolute Gasteiger partial charge is 0.493 e. The molecule has 2 aromatic carbocycles. The molecule has 0 saturated heterocycles. The van der Waals surface area contributed by atoms with Crippen molar-refractivity contribution in [1.82, 2.24) is 0 Å². The number of benzene rings is 2. The van der Waals surface area contributed by atoms with E-state index in [2.05, 4.69) is 66.2 Å². The van der Waals surface area contributed by atoms with Gasteiger partial charge in [0.15, 0.2) is 0 Å². The lowest BCUT2D eigenvalue weighted by Crippen LogP contribution is -2.09. The first-order chi connectivity index (χ1) is 10.1. The summed E-state index contributed by atoms with van der Waals surface area (Å²) < 4.78 is 5.70. The van der Waals surface area contributed by atoms with Gasteiger partial charge in [-0.15, -0.1) is 0 Å². The first kappa shape index (κ1) is 14.6. The number of hydrogen-bond donors (Lipinski definition) is 0. The second-order valence-corrected chi connectivity index (χ2v) is 7.03. The van der Waals surface area contributed by atoms with Gasteiger partial charge in [0.05, 0.1) is 6.61 Å². The lowest BCUT2D eigenvalue weighted by molar-refractivity contribution is 0.288. The van der Waals surface area contributed by atoms with E-state index in [9.17, 15) is 0 Å². The summed E-state index contributed by atoms with van der Waals surface area (Å²) in [6.07, 6.45) is 3.28. The molecule has 0 saturated carbocycles. The third-order valence-corrected chi connectivity index (χ3v) is 5.05. The fraction of sp³-hybridized carbons (Fsp3) is 0.368. The Morgan fingerprint density at radius 2 is 2.00 bits per heavy atom. The molecule has 0 N–H and O–H groups in total. The molecule has 1 unspecified atom stereocenters. The molecule has 2 heteroatoms. The molecule has 0 spiro atoms. The van der Waals surface area contributed by atoms with E-state index in [1.165, 1.54) is 27.8 Å². The van der Waals surface area contributed by atoms with Crippen molar-refractivity contribution in [1.29, 1.82) is 0 Å².